The highest BCUT2D eigenvalue weighted by Crippen LogP contribution is 2.21. The predicted octanol–water partition coefficient (Wildman–Crippen LogP) is 1.90. The molecule has 2 rings (SSSR count). The van der Waals surface area contributed by atoms with Crippen LogP contribution in [0.3, 0.4) is 0 Å². The largest absolute Gasteiger partial charge is 0.465 e. The van der Waals surface area contributed by atoms with Crippen molar-refractivity contribution >= 4 is 11.8 Å². The van der Waals surface area contributed by atoms with Crippen LogP contribution in [-0.2, 0) is 6.54 Å². The van der Waals surface area contributed by atoms with Crippen LogP contribution in [0.2, 0.25) is 0 Å². The summed E-state index contributed by atoms with van der Waals surface area (Å²) in [6, 6.07) is 2.76. The van der Waals surface area contributed by atoms with Gasteiger partial charge in [-0.2, -0.15) is 0 Å². The first-order chi connectivity index (χ1) is 9.38. The average molecular weight is 281 g/mol. The molecule has 1 saturated heterocycles. The highest BCUT2D eigenvalue weighted by molar-refractivity contribution is 5.65. The van der Waals surface area contributed by atoms with E-state index >= 15 is 0 Å². The van der Waals surface area contributed by atoms with Crippen molar-refractivity contribution < 1.29 is 14.3 Å². The van der Waals surface area contributed by atoms with E-state index in [4.69, 9.17) is 10.8 Å². The van der Waals surface area contributed by atoms with E-state index in [1.807, 2.05) is 13.8 Å². The molecular formula is C14H20FN3O2. The first-order valence-electron chi connectivity index (χ1n) is 6.65. The number of rotatable bonds is 2. The van der Waals surface area contributed by atoms with Crippen LogP contribution in [0.15, 0.2) is 12.1 Å². The molecular weight excluding hydrogens is 261 g/mol. The number of carbonyl (C=O) groups is 1. The van der Waals surface area contributed by atoms with Crippen molar-refractivity contribution in [3.05, 3.63) is 29.1 Å². The molecule has 5 nitrogen and oxygen atoms in total. The molecule has 1 aliphatic heterocycles. The Kier molecular flexibility index (Phi) is 4.13. The lowest BCUT2D eigenvalue weighted by Gasteiger charge is -2.38. The van der Waals surface area contributed by atoms with Gasteiger partial charge in [-0.15, -0.1) is 0 Å². The van der Waals surface area contributed by atoms with Gasteiger partial charge in [0.25, 0.3) is 0 Å². The zero-order valence-electron chi connectivity index (χ0n) is 11.8. The quantitative estimate of drug-likeness (QED) is 0.812. The van der Waals surface area contributed by atoms with E-state index in [-0.39, 0.29) is 11.9 Å². The summed E-state index contributed by atoms with van der Waals surface area (Å²) in [6.07, 6.45) is -0.886. The molecule has 1 amide bonds. The molecule has 110 valence electrons. The minimum absolute atomic E-state index is 0.0625. The summed E-state index contributed by atoms with van der Waals surface area (Å²) in [5, 5.41) is 9.04. The summed E-state index contributed by atoms with van der Waals surface area (Å²) in [5.74, 6) is -0.333. The van der Waals surface area contributed by atoms with Crippen LogP contribution in [0.25, 0.3) is 0 Å². The number of carboxylic acid groups (broad SMARTS) is 1. The predicted molar refractivity (Wildman–Crippen MR) is 75.0 cm³/mol. The normalized spacial score (nSPS) is 20.1. The van der Waals surface area contributed by atoms with Crippen molar-refractivity contribution in [2.45, 2.75) is 26.4 Å². The lowest BCUT2D eigenvalue weighted by Crippen LogP contribution is -2.53. The van der Waals surface area contributed by atoms with Crippen LogP contribution in [0.1, 0.15) is 18.1 Å². The van der Waals surface area contributed by atoms with Crippen molar-refractivity contribution in [2.75, 3.05) is 25.4 Å². The van der Waals surface area contributed by atoms with E-state index in [2.05, 4.69) is 4.90 Å². The van der Waals surface area contributed by atoms with Gasteiger partial charge in [-0.1, -0.05) is 0 Å². The van der Waals surface area contributed by atoms with Crippen molar-refractivity contribution in [3.8, 4) is 0 Å². The van der Waals surface area contributed by atoms with Crippen LogP contribution in [0, 0.1) is 12.7 Å². The molecule has 1 heterocycles. The van der Waals surface area contributed by atoms with Gasteiger partial charge in [-0.25, -0.2) is 9.18 Å². The number of halogens is 1. The number of hydrogen-bond acceptors (Lipinski definition) is 3. The van der Waals surface area contributed by atoms with Crippen molar-refractivity contribution in [2.24, 2.45) is 0 Å². The zero-order chi connectivity index (χ0) is 14.9. The Balaban J connectivity index is 2.07. The van der Waals surface area contributed by atoms with Gasteiger partial charge in [0.1, 0.15) is 5.82 Å². The Bertz CT molecular complexity index is 521. The summed E-state index contributed by atoms with van der Waals surface area (Å²) in [7, 11) is 0. The van der Waals surface area contributed by atoms with Gasteiger partial charge in [0.05, 0.1) is 0 Å². The Hall–Kier alpha value is -1.82. The fourth-order valence-electron chi connectivity index (χ4n) is 2.62. The lowest BCUT2D eigenvalue weighted by atomic mass is 10.0. The molecule has 6 heteroatoms. The minimum atomic E-state index is -0.886. The van der Waals surface area contributed by atoms with E-state index < -0.39 is 6.09 Å². The number of nitrogens with two attached hydrogens (primary N) is 1. The van der Waals surface area contributed by atoms with E-state index in [1.165, 1.54) is 17.0 Å². The fraction of sp³-hybridized carbons (Fsp3) is 0.500. The molecule has 1 aromatic carbocycles. The van der Waals surface area contributed by atoms with Gasteiger partial charge >= 0.3 is 6.09 Å². The standard InChI is InChI=1S/C14H20FN3O2/c1-9-7-17(3-4-18(9)14(19)20)8-11-5-12(15)6-13(16)10(11)2/h5-6,9H,3-4,7-8,16H2,1-2H3,(H,19,20). The van der Waals surface area contributed by atoms with Crippen LogP contribution in [-0.4, -0.2) is 46.7 Å². The van der Waals surface area contributed by atoms with Gasteiger partial charge < -0.3 is 15.7 Å². The maximum Gasteiger partial charge on any atom is 0.407 e. The smallest absolute Gasteiger partial charge is 0.407 e. The first-order valence-corrected chi connectivity index (χ1v) is 6.65. The molecule has 0 aromatic heterocycles. The Morgan fingerprint density at radius 1 is 1.50 bits per heavy atom. The average Bonchev–Trinajstić information content (AvgIpc) is 2.35. The summed E-state index contributed by atoms with van der Waals surface area (Å²) in [5.41, 5.74) is 7.98. The summed E-state index contributed by atoms with van der Waals surface area (Å²) >= 11 is 0. The highest BCUT2D eigenvalue weighted by Gasteiger charge is 2.27. The molecule has 1 aliphatic rings. The van der Waals surface area contributed by atoms with Gasteiger partial charge in [0, 0.05) is 37.9 Å². The third-order valence-corrected chi connectivity index (χ3v) is 3.87. The number of nitrogen functional groups attached to an aromatic ring is 1. The molecule has 1 atom stereocenters. The minimum Gasteiger partial charge on any atom is -0.465 e. The topological polar surface area (TPSA) is 69.8 Å². The highest BCUT2D eigenvalue weighted by atomic mass is 19.1. The molecule has 0 spiro atoms. The monoisotopic (exact) mass is 281 g/mol. The van der Waals surface area contributed by atoms with Crippen LogP contribution < -0.4 is 5.73 Å². The van der Waals surface area contributed by atoms with E-state index in [0.29, 0.717) is 31.9 Å². The Labute approximate surface area is 117 Å². The number of benzene rings is 1. The Morgan fingerprint density at radius 2 is 2.20 bits per heavy atom. The van der Waals surface area contributed by atoms with E-state index in [1.54, 1.807) is 0 Å². The summed E-state index contributed by atoms with van der Waals surface area (Å²) in [6.45, 7) is 6.11. The Morgan fingerprint density at radius 3 is 2.80 bits per heavy atom. The first kappa shape index (κ1) is 14.6. The van der Waals surface area contributed by atoms with Gasteiger partial charge in [0.15, 0.2) is 0 Å². The third-order valence-electron chi connectivity index (χ3n) is 3.87. The number of anilines is 1. The fourth-order valence-corrected chi connectivity index (χ4v) is 2.62. The van der Waals surface area contributed by atoms with Crippen LogP contribution in [0.4, 0.5) is 14.9 Å². The molecule has 20 heavy (non-hydrogen) atoms. The second-order valence-electron chi connectivity index (χ2n) is 5.34. The summed E-state index contributed by atoms with van der Waals surface area (Å²) in [4.78, 5) is 14.6. The molecule has 1 fully saturated rings. The van der Waals surface area contributed by atoms with Crippen LogP contribution in [0.5, 0.6) is 0 Å². The van der Waals surface area contributed by atoms with Crippen molar-refractivity contribution in [1.82, 2.24) is 9.80 Å². The second-order valence-corrected chi connectivity index (χ2v) is 5.34. The molecule has 0 radical (unpaired) electrons. The zero-order valence-corrected chi connectivity index (χ0v) is 11.8. The molecule has 0 bridgehead atoms. The SMILES string of the molecule is Cc1c(N)cc(F)cc1CN1CCN(C(=O)O)C(C)C1. The number of amides is 1. The number of hydrogen-bond donors (Lipinski definition) is 2. The van der Waals surface area contributed by atoms with E-state index in [9.17, 15) is 9.18 Å². The van der Waals surface area contributed by atoms with Gasteiger partial charge in [-0.3, -0.25) is 4.90 Å². The van der Waals surface area contributed by atoms with Crippen molar-refractivity contribution in [1.29, 1.82) is 0 Å². The lowest BCUT2D eigenvalue weighted by molar-refractivity contribution is 0.0710. The van der Waals surface area contributed by atoms with Gasteiger partial charge in [-0.05, 0) is 37.1 Å². The van der Waals surface area contributed by atoms with E-state index in [0.717, 1.165) is 11.1 Å². The number of nitrogens with zero attached hydrogens (tertiary/aromatic N) is 2. The number of piperazine rings is 1. The van der Waals surface area contributed by atoms with Crippen molar-refractivity contribution in [3.63, 3.8) is 0 Å². The molecule has 3 N–H and O–H groups in total. The molecule has 0 saturated carbocycles. The van der Waals surface area contributed by atoms with Crippen LogP contribution >= 0.6 is 0 Å². The second kappa shape index (κ2) is 5.66. The maximum atomic E-state index is 13.4. The molecule has 1 unspecified atom stereocenters. The van der Waals surface area contributed by atoms with Gasteiger partial charge in [0.2, 0.25) is 0 Å². The molecule has 1 aromatic rings. The maximum absolute atomic E-state index is 13.4. The third kappa shape index (κ3) is 3.01. The summed E-state index contributed by atoms with van der Waals surface area (Å²) < 4.78 is 13.4. The molecule has 0 aliphatic carbocycles.